The van der Waals surface area contributed by atoms with E-state index in [9.17, 15) is 4.79 Å². The molecule has 0 N–H and O–H groups in total. The molecule has 6 nitrogen and oxygen atoms in total. The van der Waals surface area contributed by atoms with Crippen LogP contribution in [-0.2, 0) is 17.9 Å². The van der Waals surface area contributed by atoms with Crippen molar-refractivity contribution >= 4 is 22.5 Å². The molecule has 1 aliphatic carbocycles. The summed E-state index contributed by atoms with van der Waals surface area (Å²) in [6.07, 6.45) is 1.98. The van der Waals surface area contributed by atoms with Gasteiger partial charge in [0.05, 0.1) is 5.52 Å². The molecule has 1 saturated carbocycles. The van der Waals surface area contributed by atoms with Crippen LogP contribution in [0.3, 0.4) is 0 Å². The van der Waals surface area contributed by atoms with Crippen molar-refractivity contribution in [1.29, 1.82) is 0 Å². The van der Waals surface area contributed by atoms with Gasteiger partial charge in [-0.05, 0) is 54.0 Å². The fraction of sp³-hybridized carbons (Fsp3) is 0.273. The first-order valence-corrected chi connectivity index (χ1v) is 9.62. The van der Waals surface area contributed by atoms with E-state index in [2.05, 4.69) is 52.8 Å². The molecule has 2 aromatic heterocycles. The van der Waals surface area contributed by atoms with E-state index in [-0.39, 0.29) is 11.8 Å². The molecule has 1 aliphatic rings. The summed E-state index contributed by atoms with van der Waals surface area (Å²) < 4.78 is 1.77. The van der Waals surface area contributed by atoms with Crippen LogP contribution in [0, 0.1) is 12.8 Å². The Morgan fingerprint density at radius 1 is 1.11 bits per heavy atom. The number of carbonyl (C=O) groups is 1. The van der Waals surface area contributed by atoms with Crippen molar-refractivity contribution in [2.45, 2.75) is 32.9 Å². The van der Waals surface area contributed by atoms with Gasteiger partial charge < -0.3 is 4.90 Å². The Morgan fingerprint density at radius 2 is 1.93 bits per heavy atom. The van der Waals surface area contributed by atoms with E-state index in [4.69, 9.17) is 0 Å². The smallest absolute Gasteiger partial charge is 0.226 e. The highest BCUT2D eigenvalue weighted by Crippen LogP contribution is 2.32. The first-order chi connectivity index (χ1) is 13.7. The molecule has 28 heavy (non-hydrogen) atoms. The van der Waals surface area contributed by atoms with E-state index in [0.29, 0.717) is 18.7 Å². The fourth-order valence-corrected chi connectivity index (χ4v) is 3.71. The molecule has 0 aliphatic heterocycles. The normalized spacial score (nSPS) is 13.9. The van der Waals surface area contributed by atoms with Gasteiger partial charge >= 0.3 is 0 Å². The summed E-state index contributed by atoms with van der Waals surface area (Å²) >= 11 is 0. The van der Waals surface area contributed by atoms with Gasteiger partial charge in [-0.1, -0.05) is 42.0 Å². The quantitative estimate of drug-likeness (QED) is 0.538. The Bertz CT molecular complexity index is 1160. The Balaban J connectivity index is 1.56. The van der Waals surface area contributed by atoms with Crippen LogP contribution in [0.15, 0.2) is 54.6 Å². The Hall–Kier alpha value is -3.28. The number of aromatic nitrogens is 4. The number of pyridine rings is 1. The number of fused-ring (bicyclic) bond motifs is 3. The van der Waals surface area contributed by atoms with Crippen molar-refractivity contribution in [2.75, 3.05) is 0 Å². The van der Waals surface area contributed by atoms with Crippen LogP contribution < -0.4 is 0 Å². The molecule has 4 aromatic rings. The van der Waals surface area contributed by atoms with Crippen LogP contribution in [-0.4, -0.2) is 30.8 Å². The number of tetrazole rings is 1. The lowest BCUT2D eigenvalue weighted by atomic mass is 10.1. The lowest BCUT2D eigenvalue weighted by Gasteiger charge is -2.23. The second-order valence-corrected chi connectivity index (χ2v) is 7.60. The molecule has 0 saturated heterocycles. The van der Waals surface area contributed by atoms with Crippen molar-refractivity contribution in [3.63, 3.8) is 0 Å². The summed E-state index contributed by atoms with van der Waals surface area (Å²) in [6, 6.07) is 18.5. The van der Waals surface area contributed by atoms with Gasteiger partial charge in [-0.15, -0.1) is 5.10 Å². The molecule has 0 spiro atoms. The number of hydrogen-bond acceptors (Lipinski definition) is 4. The molecule has 0 radical (unpaired) electrons. The maximum Gasteiger partial charge on any atom is 0.226 e. The first-order valence-electron chi connectivity index (χ1n) is 9.62. The Labute approximate surface area is 162 Å². The van der Waals surface area contributed by atoms with Crippen LogP contribution >= 0.6 is 0 Å². The maximum atomic E-state index is 13.0. The van der Waals surface area contributed by atoms with Crippen LogP contribution in [0.5, 0.6) is 0 Å². The van der Waals surface area contributed by atoms with E-state index in [0.717, 1.165) is 34.9 Å². The summed E-state index contributed by atoms with van der Waals surface area (Å²) in [7, 11) is 0. The molecule has 0 bridgehead atoms. The van der Waals surface area contributed by atoms with E-state index in [1.54, 1.807) is 4.52 Å². The molecule has 2 heterocycles. The largest absolute Gasteiger partial charge is 0.334 e. The highest BCUT2D eigenvalue weighted by Gasteiger charge is 2.33. The second-order valence-electron chi connectivity index (χ2n) is 7.60. The minimum Gasteiger partial charge on any atom is -0.334 e. The minimum absolute atomic E-state index is 0.165. The predicted molar refractivity (Wildman–Crippen MR) is 106 cm³/mol. The van der Waals surface area contributed by atoms with E-state index in [1.807, 2.05) is 29.2 Å². The second kappa shape index (κ2) is 6.71. The Kier molecular flexibility index (Phi) is 4.04. The van der Waals surface area contributed by atoms with E-state index < -0.39 is 0 Å². The molecule has 6 heteroatoms. The third-order valence-corrected chi connectivity index (χ3v) is 5.31. The summed E-state index contributed by atoms with van der Waals surface area (Å²) in [5.74, 6) is 0.386. The monoisotopic (exact) mass is 371 g/mol. The topological polar surface area (TPSA) is 63.4 Å². The van der Waals surface area contributed by atoms with Crippen molar-refractivity contribution in [2.24, 2.45) is 5.92 Å². The van der Waals surface area contributed by atoms with Crippen LogP contribution in [0.1, 0.15) is 29.5 Å². The zero-order chi connectivity index (χ0) is 19.1. The van der Waals surface area contributed by atoms with Crippen LogP contribution in [0.25, 0.3) is 16.6 Å². The molecule has 1 fully saturated rings. The number of hydrogen-bond donors (Lipinski definition) is 0. The lowest BCUT2D eigenvalue weighted by molar-refractivity contribution is -0.133. The molecule has 5 rings (SSSR count). The van der Waals surface area contributed by atoms with Gasteiger partial charge in [0.25, 0.3) is 0 Å². The number of benzene rings is 2. The van der Waals surface area contributed by atoms with Gasteiger partial charge in [-0.25, -0.2) is 0 Å². The highest BCUT2D eigenvalue weighted by atomic mass is 16.2. The summed E-state index contributed by atoms with van der Waals surface area (Å²) in [6.45, 7) is 3.16. The van der Waals surface area contributed by atoms with Gasteiger partial charge in [0.1, 0.15) is 0 Å². The average Bonchev–Trinajstić information content (AvgIpc) is 3.44. The zero-order valence-corrected chi connectivity index (χ0v) is 15.7. The van der Waals surface area contributed by atoms with Crippen molar-refractivity contribution in [3.05, 3.63) is 71.3 Å². The summed E-state index contributed by atoms with van der Waals surface area (Å²) in [5.41, 5.74) is 4.95. The SMILES string of the molecule is Cc1ccc2c(c1)cc(CN(Cc1ccccc1)C(=O)C1CC1)c1nnnn12. The zero-order valence-electron chi connectivity index (χ0n) is 15.7. The van der Waals surface area contributed by atoms with Crippen molar-refractivity contribution < 1.29 is 4.79 Å². The number of nitrogens with zero attached hydrogens (tertiary/aromatic N) is 5. The predicted octanol–water partition coefficient (Wildman–Crippen LogP) is 3.52. The van der Waals surface area contributed by atoms with Gasteiger partial charge in [0, 0.05) is 30.0 Å². The minimum atomic E-state index is 0.165. The molecule has 2 aromatic carbocycles. The molecule has 140 valence electrons. The number of amides is 1. The van der Waals surface area contributed by atoms with Gasteiger partial charge in [0.15, 0.2) is 5.65 Å². The van der Waals surface area contributed by atoms with Crippen LogP contribution in [0.4, 0.5) is 0 Å². The van der Waals surface area contributed by atoms with Gasteiger partial charge in [0.2, 0.25) is 5.91 Å². The number of aryl methyl sites for hydroxylation is 1. The molecular weight excluding hydrogens is 350 g/mol. The fourth-order valence-electron chi connectivity index (χ4n) is 3.71. The summed E-state index contributed by atoms with van der Waals surface area (Å²) in [5, 5.41) is 13.4. The third kappa shape index (κ3) is 3.11. The maximum absolute atomic E-state index is 13.0. The third-order valence-electron chi connectivity index (χ3n) is 5.31. The standard InChI is InChI=1S/C22H21N5O/c1-15-7-10-20-18(11-15)12-19(21-23-24-25-27(20)21)14-26(22(28)17-8-9-17)13-16-5-3-2-4-6-16/h2-7,10-12,17H,8-9,13-14H2,1H3. The van der Waals surface area contributed by atoms with Gasteiger partial charge in [-0.3, -0.25) is 4.79 Å². The number of carbonyl (C=O) groups excluding carboxylic acids is 1. The summed E-state index contributed by atoms with van der Waals surface area (Å²) in [4.78, 5) is 14.9. The van der Waals surface area contributed by atoms with E-state index in [1.165, 1.54) is 5.56 Å². The van der Waals surface area contributed by atoms with Crippen molar-refractivity contribution in [1.82, 2.24) is 24.9 Å². The molecule has 1 amide bonds. The lowest BCUT2D eigenvalue weighted by Crippen LogP contribution is -2.31. The van der Waals surface area contributed by atoms with Gasteiger partial charge in [-0.2, -0.15) is 4.52 Å². The molecule has 0 atom stereocenters. The first kappa shape index (κ1) is 16.9. The van der Waals surface area contributed by atoms with E-state index >= 15 is 0 Å². The van der Waals surface area contributed by atoms with Crippen LogP contribution in [0.2, 0.25) is 0 Å². The molecule has 0 unspecified atom stereocenters. The average molecular weight is 371 g/mol. The molecular formula is C22H21N5O. The number of rotatable bonds is 5. The highest BCUT2D eigenvalue weighted by molar-refractivity contribution is 5.84. The Morgan fingerprint density at radius 3 is 2.71 bits per heavy atom. The van der Waals surface area contributed by atoms with Crippen molar-refractivity contribution in [3.8, 4) is 0 Å².